The zero-order valence-electron chi connectivity index (χ0n) is 11.3. The molecule has 0 aliphatic rings. The third-order valence-electron chi connectivity index (χ3n) is 3.24. The first-order valence-corrected chi connectivity index (χ1v) is 6.36. The first-order chi connectivity index (χ1) is 9.61. The van der Waals surface area contributed by atoms with E-state index in [0.29, 0.717) is 29.8 Å². The van der Waals surface area contributed by atoms with Gasteiger partial charge in [0.05, 0.1) is 23.0 Å². The van der Waals surface area contributed by atoms with Crippen LogP contribution in [0.15, 0.2) is 42.5 Å². The van der Waals surface area contributed by atoms with E-state index in [-0.39, 0.29) is 5.82 Å². The maximum absolute atomic E-state index is 13.5. The number of nitrogen functional groups attached to an aromatic ring is 1. The van der Waals surface area contributed by atoms with Gasteiger partial charge >= 0.3 is 0 Å². The van der Waals surface area contributed by atoms with Gasteiger partial charge in [-0.2, -0.15) is 5.26 Å². The van der Waals surface area contributed by atoms with Crippen molar-refractivity contribution in [1.29, 1.82) is 5.26 Å². The van der Waals surface area contributed by atoms with E-state index < -0.39 is 0 Å². The topological polar surface area (TPSA) is 53.0 Å². The van der Waals surface area contributed by atoms with Crippen LogP contribution in [0.2, 0.25) is 0 Å². The zero-order valence-corrected chi connectivity index (χ0v) is 11.3. The van der Waals surface area contributed by atoms with Gasteiger partial charge in [-0.3, -0.25) is 0 Å². The fourth-order valence-electron chi connectivity index (χ4n) is 2.08. The highest BCUT2D eigenvalue weighted by Gasteiger charge is 2.08. The average Bonchev–Trinajstić information content (AvgIpc) is 2.46. The largest absolute Gasteiger partial charge is 0.397 e. The minimum Gasteiger partial charge on any atom is -0.397 e. The Labute approximate surface area is 118 Å². The van der Waals surface area contributed by atoms with Crippen LogP contribution in [-0.2, 0) is 6.42 Å². The van der Waals surface area contributed by atoms with Crippen molar-refractivity contribution in [2.45, 2.75) is 6.42 Å². The molecule has 2 rings (SSSR count). The lowest BCUT2D eigenvalue weighted by atomic mass is 10.1. The molecule has 0 spiro atoms. The van der Waals surface area contributed by atoms with E-state index in [2.05, 4.69) is 6.07 Å². The summed E-state index contributed by atoms with van der Waals surface area (Å²) in [5.41, 5.74) is 8.56. The molecule has 0 aliphatic heterocycles. The molecule has 4 heteroatoms. The molecule has 0 heterocycles. The van der Waals surface area contributed by atoms with Crippen molar-refractivity contribution in [2.75, 3.05) is 24.2 Å². The summed E-state index contributed by atoms with van der Waals surface area (Å²) >= 11 is 0. The summed E-state index contributed by atoms with van der Waals surface area (Å²) in [7, 11) is 1.90. The van der Waals surface area contributed by atoms with Crippen LogP contribution in [0.3, 0.4) is 0 Å². The third-order valence-corrected chi connectivity index (χ3v) is 3.24. The highest BCUT2D eigenvalue weighted by atomic mass is 19.1. The van der Waals surface area contributed by atoms with Crippen LogP contribution in [0.4, 0.5) is 15.8 Å². The van der Waals surface area contributed by atoms with E-state index in [1.807, 2.05) is 24.1 Å². The molecule has 0 saturated heterocycles. The molecule has 0 fully saturated rings. The van der Waals surface area contributed by atoms with E-state index in [1.54, 1.807) is 24.3 Å². The molecule has 0 amide bonds. The van der Waals surface area contributed by atoms with Gasteiger partial charge in [0.15, 0.2) is 0 Å². The summed E-state index contributed by atoms with van der Waals surface area (Å²) in [4.78, 5) is 1.96. The molecule has 2 N–H and O–H groups in total. The Morgan fingerprint density at radius 1 is 1.25 bits per heavy atom. The van der Waals surface area contributed by atoms with Crippen LogP contribution in [-0.4, -0.2) is 13.6 Å². The summed E-state index contributed by atoms with van der Waals surface area (Å²) in [6, 6.07) is 14.0. The van der Waals surface area contributed by atoms with Crippen molar-refractivity contribution < 1.29 is 4.39 Å². The van der Waals surface area contributed by atoms with Crippen LogP contribution in [0.1, 0.15) is 11.1 Å². The Bertz CT molecular complexity index is 646. The number of hydrogen-bond donors (Lipinski definition) is 1. The van der Waals surface area contributed by atoms with Gasteiger partial charge in [-0.05, 0) is 36.2 Å². The smallest absolute Gasteiger partial charge is 0.126 e. The van der Waals surface area contributed by atoms with Crippen LogP contribution in [0.5, 0.6) is 0 Å². The first-order valence-electron chi connectivity index (χ1n) is 6.36. The standard InChI is InChI=1S/C16H16FN3/c1-20(9-8-13-4-2-3-5-14(13)17)16-7-6-12(11-18)10-15(16)19/h2-7,10H,8-9,19H2,1H3. The number of benzene rings is 2. The van der Waals surface area contributed by atoms with Crippen LogP contribution < -0.4 is 10.6 Å². The van der Waals surface area contributed by atoms with Crippen molar-refractivity contribution in [3.63, 3.8) is 0 Å². The second-order valence-electron chi connectivity index (χ2n) is 4.65. The van der Waals surface area contributed by atoms with Crippen molar-refractivity contribution in [3.8, 4) is 6.07 Å². The summed E-state index contributed by atoms with van der Waals surface area (Å²) in [5, 5.41) is 8.81. The van der Waals surface area contributed by atoms with Gasteiger partial charge in [0, 0.05) is 13.6 Å². The van der Waals surface area contributed by atoms with Gasteiger partial charge in [0.1, 0.15) is 5.82 Å². The number of nitrogens with two attached hydrogens (primary N) is 1. The number of nitrogens with zero attached hydrogens (tertiary/aromatic N) is 2. The second kappa shape index (κ2) is 6.07. The molecular weight excluding hydrogens is 253 g/mol. The lowest BCUT2D eigenvalue weighted by Crippen LogP contribution is -2.21. The number of anilines is 2. The molecule has 102 valence electrons. The SMILES string of the molecule is CN(CCc1ccccc1F)c1ccc(C#N)cc1N. The summed E-state index contributed by atoms with van der Waals surface area (Å²) in [6.07, 6.45) is 0.600. The molecule has 0 saturated carbocycles. The molecule has 0 bridgehead atoms. The molecule has 3 nitrogen and oxygen atoms in total. The van der Waals surface area contributed by atoms with Crippen molar-refractivity contribution >= 4 is 11.4 Å². The Balaban J connectivity index is 2.08. The monoisotopic (exact) mass is 269 g/mol. The van der Waals surface area contributed by atoms with E-state index in [4.69, 9.17) is 11.0 Å². The van der Waals surface area contributed by atoms with Gasteiger partial charge in [-0.1, -0.05) is 18.2 Å². The molecular formula is C16H16FN3. The van der Waals surface area contributed by atoms with Crippen molar-refractivity contribution in [1.82, 2.24) is 0 Å². The Hall–Kier alpha value is -2.54. The summed E-state index contributed by atoms with van der Waals surface area (Å²) < 4.78 is 13.5. The molecule has 0 aromatic heterocycles. The highest BCUT2D eigenvalue weighted by molar-refractivity contribution is 5.69. The van der Waals surface area contributed by atoms with Gasteiger partial charge in [0.2, 0.25) is 0 Å². The Morgan fingerprint density at radius 3 is 2.65 bits per heavy atom. The lowest BCUT2D eigenvalue weighted by Gasteiger charge is -2.21. The minimum atomic E-state index is -0.186. The van der Waals surface area contributed by atoms with Gasteiger partial charge < -0.3 is 10.6 Å². The predicted octanol–water partition coefficient (Wildman–Crippen LogP) is 2.96. The molecule has 0 atom stereocenters. The van der Waals surface area contributed by atoms with Gasteiger partial charge in [-0.25, -0.2) is 4.39 Å². The minimum absolute atomic E-state index is 0.186. The van der Waals surface area contributed by atoms with Crippen molar-refractivity contribution in [2.24, 2.45) is 0 Å². The molecule has 0 aliphatic carbocycles. The van der Waals surface area contributed by atoms with Crippen LogP contribution >= 0.6 is 0 Å². The molecule has 0 unspecified atom stereocenters. The quantitative estimate of drug-likeness (QED) is 0.868. The van der Waals surface area contributed by atoms with E-state index in [1.165, 1.54) is 6.07 Å². The average molecular weight is 269 g/mol. The molecule has 0 radical (unpaired) electrons. The summed E-state index contributed by atoms with van der Waals surface area (Å²) in [6.45, 7) is 0.650. The van der Waals surface area contributed by atoms with E-state index >= 15 is 0 Å². The van der Waals surface area contributed by atoms with E-state index in [9.17, 15) is 4.39 Å². The number of likely N-dealkylation sites (N-methyl/N-ethyl adjacent to an activating group) is 1. The number of nitriles is 1. The fourth-order valence-corrected chi connectivity index (χ4v) is 2.08. The van der Waals surface area contributed by atoms with Gasteiger partial charge in [-0.15, -0.1) is 0 Å². The number of hydrogen-bond acceptors (Lipinski definition) is 3. The Kier molecular flexibility index (Phi) is 4.21. The van der Waals surface area contributed by atoms with Crippen LogP contribution in [0.25, 0.3) is 0 Å². The lowest BCUT2D eigenvalue weighted by molar-refractivity contribution is 0.608. The van der Waals surface area contributed by atoms with E-state index in [0.717, 1.165) is 5.69 Å². The Morgan fingerprint density at radius 2 is 2.00 bits per heavy atom. The maximum atomic E-state index is 13.5. The highest BCUT2D eigenvalue weighted by Crippen LogP contribution is 2.23. The second-order valence-corrected chi connectivity index (χ2v) is 4.65. The fraction of sp³-hybridized carbons (Fsp3) is 0.188. The first kappa shape index (κ1) is 13.9. The molecule has 20 heavy (non-hydrogen) atoms. The zero-order chi connectivity index (χ0) is 14.5. The maximum Gasteiger partial charge on any atom is 0.126 e. The number of rotatable bonds is 4. The summed E-state index contributed by atoms with van der Waals surface area (Å²) in [5.74, 6) is -0.186. The van der Waals surface area contributed by atoms with Gasteiger partial charge in [0.25, 0.3) is 0 Å². The van der Waals surface area contributed by atoms with Crippen molar-refractivity contribution in [3.05, 3.63) is 59.4 Å². The van der Waals surface area contributed by atoms with Crippen LogP contribution in [0, 0.1) is 17.1 Å². The molecule has 2 aromatic rings. The third kappa shape index (κ3) is 3.07. The predicted molar refractivity (Wildman–Crippen MR) is 78.9 cm³/mol. The number of halogens is 1. The molecule has 2 aromatic carbocycles. The normalized spacial score (nSPS) is 10.1.